The van der Waals surface area contributed by atoms with E-state index in [4.69, 9.17) is 11.6 Å². The summed E-state index contributed by atoms with van der Waals surface area (Å²) in [5.41, 5.74) is 3.95. The minimum Gasteiger partial charge on any atom is -0.282 e. The van der Waals surface area contributed by atoms with Gasteiger partial charge in [-0.1, -0.05) is 35.9 Å². The number of benzene rings is 1. The number of hydrogen-bond donors (Lipinski definition) is 1. The van der Waals surface area contributed by atoms with Crippen LogP contribution in [-0.4, -0.2) is 21.7 Å². The zero-order valence-corrected chi connectivity index (χ0v) is 12.8. The third kappa shape index (κ3) is 2.94. The Kier molecular flexibility index (Phi) is 4.06. The van der Waals surface area contributed by atoms with Crippen molar-refractivity contribution in [3.8, 4) is 0 Å². The molecule has 1 saturated heterocycles. The molecule has 5 nitrogen and oxygen atoms in total. The summed E-state index contributed by atoms with van der Waals surface area (Å²) in [5, 5.41) is 2.20. The van der Waals surface area contributed by atoms with Crippen LogP contribution in [0.25, 0.3) is 0 Å². The van der Waals surface area contributed by atoms with Gasteiger partial charge >= 0.3 is 0 Å². The molecule has 0 spiro atoms. The van der Waals surface area contributed by atoms with Gasteiger partial charge < -0.3 is 0 Å². The van der Waals surface area contributed by atoms with Crippen LogP contribution >= 0.6 is 11.6 Å². The summed E-state index contributed by atoms with van der Waals surface area (Å²) >= 11 is 6.26. The summed E-state index contributed by atoms with van der Waals surface area (Å²) in [6.07, 6.45) is 2.25. The molecule has 6 heteroatoms. The normalized spacial score (nSPS) is 19.3. The van der Waals surface area contributed by atoms with E-state index in [1.54, 1.807) is 11.2 Å². The highest BCUT2D eigenvalue weighted by atomic mass is 35.5. The number of hydrogen-bond acceptors (Lipinski definition) is 3. The average molecular weight is 315 g/mol. The third-order valence-electron chi connectivity index (χ3n) is 3.45. The minimum absolute atomic E-state index is 0.0869. The molecule has 22 heavy (non-hydrogen) atoms. The van der Waals surface area contributed by atoms with Crippen molar-refractivity contribution in [2.75, 3.05) is 0 Å². The van der Waals surface area contributed by atoms with E-state index >= 15 is 0 Å². The first-order valence-electron chi connectivity index (χ1n) is 6.94. The van der Waals surface area contributed by atoms with Gasteiger partial charge in [-0.3, -0.25) is 10.2 Å². The molecule has 1 amide bonds. The maximum Gasteiger partial charge on any atom is 0.238 e. The summed E-state index contributed by atoms with van der Waals surface area (Å²) in [6, 6.07) is 12.9. The van der Waals surface area contributed by atoms with E-state index in [1.807, 2.05) is 42.5 Å². The van der Waals surface area contributed by atoms with Gasteiger partial charge in [0.2, 0.25) is 5.91 Å². The van der Waals surface area contributed by atoms with Crippen molar-refractivity contribution in [1.82, 2.24) is 15.4 Å². The minimum atomic E-state index is -0.173. The molecule has 1 aromatic heterocycles. The van der Waals surface area contributed by atoms with Crippen molar-refractivity contribution in [1.29, 1.82) is 0 Å². The number of nitrogens with one attached hydrogen (secondary N) is 1. The number of halogens is 1. The van der Waals surface area contributed by atoms with E-state index < -0.39 is 0 Å². The highest BCUT2D eigenvalue weighted by Crippen LogP contribution is 2.33. The number of nitrogens with zero attached hydrogens (tertiary/aromatic N) is 3. The highest BCUT2D eigenvalue weighted by Gasteiger charge is 2.33. The van der Waals surface area contributed by atoms with Crippen molar-refractivity contribution in [3.05, 3.63) is 59.2 Å². The van der Waals surface area contributed by atoms with Crippen LogP contribution in [0.1, 0.15) is 24.9 Å². The number of aliphatic imine (C=N–C) groups is 1. The molecule has 1 atom stereocenters. The van der Waals surface area contributed by atoms with Crippen LogP contribution in [0.3, 0.4) is 0 Å². The van der Waals surface area contributed by atoms with E-state index in [0.29, 0.717) is 23.1 Å². The van der Waals surface area contributed by atoms with E-state index in [9.17, 15) is 4.79 Å². The molecule has 2 heterocycles. The number of carbonyl (C=O) groups excluding carboxylic acids is 1. The van der Waals surface area contributed by atoms with Crippen molar-refractivity contribution in [2.45, 2.75) is 19.4 Å². The van der Waals surface area contributed by atoms with Gasteiger partial charge in [0.25, 0.3) is 0 Å². The maximum atomic E-state index is 11.9. The Hall–Kier alpha value is -2.40. The number of carbonyl (C=O) groups is 1. The van der Waals surface area contributed by atoms with Crippen LogP contribution in [0, 0.1) is 0 Å². The first-order valence-corrected chi connectivity index (χ1v) is 7.32. The number of rotatable bonds is 2. The Labute approximate surface area is 133 Å². The largest absolute Gasteiger partial charge is 0.282 e. The molecule has 112 valence electrons. The highest BCUT2D eigenvalue weighted by molar-refractivity contribution is 6.31. The van der Waals surface area contributed by atoms with Gasteiger partial charge in [-0.15, -0.1) is 0 Å². The van der Waals surface area contributed by atoms with E-state index in [1.165, 1.54) is 6.92 Å². The molecule has 3 rings (SSSR count). The van der Waals surface area contributed by atoms with Gasteiger partial charge in [0.15, 0.2) is 5.82 Å². The topological polar surface area (TPSA) is 57.6 Å². The SMILES string of the molecule is CC(=O)N1N/C(=N\c2ccccn2)CC1c1ccccc1Cl. The molecule has 1 unspecified atom stereocenters. The van der Waals surface area contributed by atoms with Crippen molar-refractivity contribution in [2.24, 2.45) is 4.99 Å². The van der Waals surface area contributed by atoms with Crippen molar-refractivity contribution >= 4 is 29.2 Å². The molecular formula is C16H15ClN4O. The molecule has 0 saturated carbocycles. The number of amides is 1. The van der Waals surface area contributed by atoms with Crippen LogP contribution < -0.4 is 5.43 Å². The molecule has 0 radical (unpaired) electrons. The third-order valence-corrected chi connectivity index (χ3v) is 3.79. The van der Waals surface area contributed by atoms with E-state index in [2.05, 4.69) is 15.4 Å². The first kappa shape index (κ1) is 14.5. The second-order valence-corrected chi connectivity index (χ2v) is 5.40. The average Bonchev–Trinajstić information content (AvgIpc) is 2.92. The fourth-order valence-corrected chi connectivity index (χ4v) is 2.72. The Morgan fingerprint density at radius 2 is 2.09 bits per heavy atom. The fourth-order valence-electron chi connectivity index (χ4n) is 2.46. The molecule has 0 aliphatic carbocycles. The Bertz CT molecular complexity index is 717. The monoisotopic (exact) mass is 314 g/mol. The van der Waals surface area contributed by atoms with Gasteiger partial charge in [0.1, 0.15) is 5.84 Å². The van der Waals surface area contributed by atoms with Gasteiger partial charge in [-0.05, 0) is 23.8 Å². The summed E-state index contributed by atoms with van der Waals surface area (Å²) in [6.45, 7) is 1.51. The Morgan fingerprint density at radius 1 is 1.32 bits per heavy atom. The van der Waals surface area contributed by atoms with Crippen LogP contribution in [0.2, 0.25) is 5.02 Å². The fraction of sp³-hybridized carbons (Fsp3) is 0.188. The number of aromatic nitrogens is 1. The summed E-state index contributed by atoms with van der Waals surface area (Å²) in [7, 11) is 0. The maximum absolute atomic E-state index is 11.9. The smallest absolute Gasteiger partial charge is 0.238 e. The van der Waals surface area contributed by atoms with E-state index in [-0.39, 0.29) is 11.9 Å². The Morgan fingerprint density at radius 3 is 2.77 bits per heavy atom. The molecular weight excluding hydrogens is 300 g/mol. The number of hydrazine groups is 1. The summed E-state index contributed by atoms with van der Waals surface area (Å²) in [5.74, 6) is 1.21. The van der Waals surface area contributed by atoms with Crippen LogP contribution in [0.5, 0.6) is 0 Å². The lowest BCUT2D eigenvalue weighted by atomic mass is 10.0. The van der Waals surface area contributed by atoms with Crippen molar-refractivity contribution < 1.29 is 4.79 Å². The predicted octanol–water partition coefficient (Wildman–Crippen LogP) is 3.26. The number of pyridine rings is 1. The zero-order chi connectivity index (χ0) is 15.5. The molecule has 1 aliphatic heterocycles. The lowest BCUT2D eigenvalue weighted by Gasteiger charge is -2.23. The van der Waals surface area contributed by atoms with Gasteiger partial charge in [0.05, 0.1) is 6.04 Å². The van der Waals surface area contributed by atoms with E-state index in [0.717, 1.165) is 5.56 Å². The zero-order valence-electron chi connectivity index (χ0n) is 12.0. The molecule has 1 aromatic carbocycles. The van der Waals surface area contributed by atoms with Crippen molar-refractivity contribution in [3.63, 3.8) is 0 Å². The lowest BCUT2D eigenvalue weighted by molar-refractivity contribution is -0.132. The first-order chi connectivity index (χ1) is 10.6. The van der Waals surface area contributed by atoms with Gasteiger partial charge in [-0.25, -0.2) is 15.0 Å². The standard InChI is InChI=1S/C16H15ClN4O/c1-11(22)21-14(12-6-2-3-7-13(12)17)10-16(20-21)19-15-8-4-5-9-18-15/h2-9,14H,10H2,1H3,(H,18,19,20). The van der Waals surface area contributed by atoms with Crippen LogP contribution in [-0.2, 0) is 4.79 Å². The van der Waals surface area contributed by atoms with Gasteiger partial charge in [0, 0.05) is 24.6 Å². The molecule has 1 aliphatic rings. The van der Waals surface area contributed by atoms with Gasteiger partial charge in [-0.2, -0.15) is 0 Å². The summed E-state index contributed by atoms with van der Waals surface area (Å²) in [4.78, 5) is 20.5. The molecule has 2 aromatic rings. The molecule has 1 fully saturated rings. The predicted molar refractivity (Wildman–Crippen MR) is 85.8 cm³/mol. The second kappa shape index (κ2) is 6.15. The Balaban J connectivity index is 1.92. The molecule has 1 N–H and O–H groups in total. The quantitative estimate of drug-likeness (QED) is 0.925. The molecule has 0 bridgehead atoms. The lowest BCUT2D eigenvalue weighted by Crippen LogP contribution is -2.38. The number of amidine groups is 1. The van der Waals surface area contributed by atoms with Crippen LogP contribution in [0.15, 0.2) is 53.7 Å². The summed E-state index contributed by atoms with van der Waals surface area (Å²) < 4.78 is 0. The van der Waals surface area contributed by atoms with Crippen LogP contribution in [0.4, 0.5) is 5.82 Å². The second-order valence-electron chi connectivity index (χ2n) is 4.99.